The van der Waals surface area contributed by atoms with E-state index in [1.165, 1.54) is 25.7 Å². The maximum absolute atomic E-state index is 11.4. The lowest BCUT2D eigenvalue weighted by molar-refractivity contribution is 0.228. The van der Waals surface area contributed by atoms with Gasteiger partial charge in [0, 0.05) is 18.8 Å². The number of aromatic hydroxyl groups is 1. The van der Waals surface area contributed by atoms with E-state index in [4.69, 9.17) is 0 Å². The van der Waals surface area contributed by atoms with Crippen LogP contribution in [0.2, 0.25) is 0 Å². The molecule has 96 valence electrons. The Balaban J connectivity index is 1.90. The molecule has 18 heavy (non-hydrogen) atoms. The van der Waals surface area contributed by atoms with Gasteiger partial charge in [0.2, 0.25) is 5.43 Å². The van der Waals surface area contributed by atoms with E-state index in [9.17, 15) is 14.7 Å². The third-order valence-electron chi connectivity index (χ3n) is 4.52. The Kier molecular flexibility index (Phi) is 2.54. The van der Waals surface area contributed by atoms with Crippen molar-refractivity contribution in [2.24, 2.45) is 5.92 Å². The standard InChI is InChI=1S/C14H17NO3/c1-15-9(6-8-4-2-3-5-11(8)15)7-10-12(16)14(18)13(10)17/h7-8,11,16H,2-6H2,1H3/b9-7-. The molecule has 0 radical (unpaired) electrons. The van der Waals surface area contributed by atoms with Crippen molar-refractivity contribution in [3.8, 4) is 5.75 Å². The molecule has 1 heterocycles. The smallest absolute Gasteiger partial charge is 0.268 e. The van der Waals surface area contributed by atoms with Crippen LogP contribution in [0.3, 0.4) is 0 Å². The molecule has 4 nitrogen and oxygen atoms in total. The van der Waals surface area contributed by atoms with E-state index in [-0.39, 0.29) is 11.3 Å². The summed E-state index contributed by atoms with van der Waals surface area (Å²) in [7, 11) is 2.05. The molecule has 2 aliphatic rings. The average molecular weight is 247 g/mol. The predicted octanol–water partition coefficient (Wildman–Crippen LogP) is 1.22. The van der Waals surface area contributed by atoms with Gasteiger partial charge in [-0.3, -0.25) is 9.59 Å². The number of likely N-dealkylation sites (tertiary alicyclic amines) is 1. The van der Waals surface area contributed by atoms with Crippen LogP contribution in [-0.4, -0.2) is 23.1 Å². The second kappa shape index (κ2) is 3.97. The molecule has 1 aliphatic heterocycles. The zero-order valence-electron chi connectivity index (χ0n) is 10.5. The van der Waals surface area contributed by atoms with Gasteiger partial charge in [-0.05, 0) is 31.3 Å². The van der Waals surface area contributed by atoms with Gasteiger partial charge >= 0.3 is 0 Å². The summed E-state index contributed by atoms with van der Waals surface area (Å²) in [4.78, 5) is 24.6. The molecule has 1 saturated carbocycles. The molecule has 0 spiro atoms. The molecule has 1 saturated heterocycles. The minimum Gasteiger partial charge on any atom is -0.504 e. The van der Waals surface area contributed by atoms with Gasteiger partial charge in [0.05, 0.1) is 5.56 Å². The van der Waals surface area contributed by atoms with Gasteiger partial charge in [-0.25, -0.2) is 0 Å². The van der Waals surface area contributed by atoms with E-state index in [0.29, 0.717) is 12.0 Å². The summed E-state index contributed by atoms with van der Waals surface area (Å²) in [5, 5.41) is 9.40. The fourth-order valence-corrected chi connectivity index (χ4v) is 3.42. The molecule has 4 heteroatoms. The van der Waals surface area contributed by atoms with Gasteiger partial charge < -0.3 is 10.0 Å². The molecule has 2 unspecified atom stereocenters. The number of allylic oxidation sites excluding steroid dienone is 1. The highest BCUT2D eigenvalue weighted by Gasteiger charge is 2.36. The quantitative estimate of drug-likeness (QED) is 0.758. The summed E-state index contributed by atoms with van der Waals surface area (Å²) < 4.78 is 0. The van der Waals surface area contributed by atoms with Gasteiger partial charge in [0.1, 0.15) is 0 Å². The summed E-state index contributed by atoms with van der Waals surface area (Å²) in [5.74, 6) is 0.305. The van der Waals surface area contributed by atoms with Crippen LogP contribution in [0.4, 0.5) is 0 Å². The van der Waals surface area contributed by atoms with E-state index in [0.717, 1.165) is 12.1 Å². The molecule has 2 fully saturated rings. The highest BCUT2D eigenvalue weighted by atomic mass is 16.3. The molecule has 1 N–H and O–H groups in total. The van der Waals surface area contributed by atoms with Crippen LogP contribution in [0, 0.1) is 5.92 Å². The van der Waals surface area contributed by atoms with Crippen LogP contribution in [0.15, 0.2) is 15.3 Å². The summed E-state index contributed by atoms with van der Waals surface area (Å²) in [6, 6.07) is 0.568. The van der Waals surface area contributed by atoms with Crippen molar-refractivity contribution in [2.45, 2.75) is 38.1 Å². The van der Waals surface area contributed by atoms with Gasteiger partial charge in [-0.15, -0.1) is 0 Å². The maximum Gasteiger partial charge on any atom is 0.268 e. The summed E-state index contributed by atoms with van der Waals surface area (Å²) in [6.07, 6.45) is 7.66. The van der Waals surface area contributed by atoms with E-state index in [1.807, 2.05) is 7.05 Å². The topological polar surface area (TPSA) is 57.6 Å². The molecule has 0 aromatic heterocycles. The molecular formula is C14H17NO3. The minimum absolute atomic E-state index is 0.195. The lowest BCUT2D eigenvalue weighted by Gasteiger charge is -2.30. The normalized spacial score (nSPS) is 30.1. The predicted molar refractivity (Wildman–Crippen MR) is 69.1 cm³/mol. The molecule has 1 aliphatic carbocycles. The van der Waals surface area contributed by atoms with Crippen molar-refractivity contribution in [2.75, 3.05) is 7.05 Å². The first-order chi connectivity index (χ1) is 8.59. The van der Waals surface area contributed by atoms with E-state index in [1.54, 1.807) is 6.08 Å². The Morgan fingerprint density at radius 2 is 1.94 bits per heavy atom. The highest BCUT2D eigenvalue weighted by Crippen LogP contribution is 2.41. The molecular weight excluding hydrogens is 230 g/mol. The third kappa shape index (κ3) is 1.51. The molecule has 3 rings (SSSR count). The fraction of sp³-hybridized carbons (Fsp3) is 0.571. The van der Waals surface area contributed by atoms with Crippen LogP contribution >= 0.6 is 0 Å². The highest BCUT2D eigenvalue weighted by molar-refractivity contribution is 5.62. The fourth-order valence-electron chi connectivity index (χ4n) is 3.42. The largest absolute Gasteiger partial charge is 0.504 e. The zero-order chi connectivity index (χ0) is 12.9. The average Bonchev–Trinajstić information content (AvgIpc) is 2.72. The van der Waals surface area contributed by atoms with Gasteiger partial charge in [0.25, 0.3) is 5.43 Å². The molecule has 0 amide bonds. The Bertz CT molecular complexity index is 580. The number of hydrogen-bond acceptors (Lipinski definition) is 4. The van der Waals surface area contributed by atoms with Crippen molar-refractivity contribution >= 4 is 6.08 Å². The zero-order valence-corrected chi connectivity index (χ0v) is 10.5. The first-order valence-corrected chi connectivity index (χ1v) is 6.55. The first kappa shape index (κ1) is 11.5. The van der Waals surface area contributed by atoms with E-state index < -0.39 is 10.9 Å². The third-order valence-corrected chi connectivity index (χ3v) is 4.52. The second-order valence-electron chi connectivity index (χ2n) is 5.48. The van der Waals surface area contributed by atoms with Crippen LogP contribution < -0.4 is 10.9 Å². The Morgan fingerprint density at radius 1 is 1.22 bits per heavy atom. The van der Waals surface area contributed by atoms with E-state index in [2.05, 4.69) is 4.90 Å². The van der Waals surface area contributed by atoms with Gasteiger partial charge in [0.15, 0.2) is 5.75 Å². The molecule has 0 bridgehead atoms. The second-order valence-corrected chi connectivity index (χ2v) is 5.48. The van der Waals surface area contributed by atoms with Gasteiger partial charge in [-0.2, -0.15) is 0 Å². The lowest BCUT2D eigenvalue weighted by Crippen LogP contribution is -2.33. The molecule has 1 aromatic carbocycles. The van der Waals surface area contributed by atoms with Crippen LogP contribution in [0.25, 0.3) is 6.08 Å². The number of nitrogens with zero attached hydrogens (tertiary/aromatic N) is 1. The Labute approximate surface area is 105 Å². The minimum atomic E-state index is -0.750. The van der Waals surface area contributed by atoms with Crippen LogP contribution in [-0.2, 0) is 0 Å². The van der Waals surface area contributed by atoms with Crippen molar-refractivity contribution in [1.82, 2.24) is 4.90 Å². The lowest BCUT2D eigenvalue weighted by atomic mass is 9.85. The SMILES string of the molecule is CN1/C(=C\c2c(O)c(=O)c2=O)CC2CCCCC21. The van der Waals surface area contributed by atoms with Crippen LogP contribution in [0.5, 0.6) is 5.75 Å². The molecule has 2 atom stereocenters. The number of rotatable bonds is 1. The van der Waals surface area contributed by atoms with E-state index >= 15 is 0 Å². The van der Waals surface area contributed by atoms with Crippen molar-refractivity contribution in [1.29, 1.82) is 0 Å². The summed E-state index contributed by atoms with van der Waals surface area (Å²) in [5.41, 5.74) is -0.0296. The molecule has 1 aromatic rings. The number of hydrogen-bond donors (Lipinski definition) is 1. The Morgan fingerprint density at radius 3 is 2.61 bits per heavy atom. The Hall–Kier alpha value is -1.58. The maximum atomic E-state index is 11.4. The monoisotopic (exact) mass is 247 g/mol. The van der Waals surface area contributed by atoms with Crippen molar-refractivity contribution < 1.29 is 5.11 Å². The van der Waals surface area contributed by atoms with Gasteiger partial charge in [-0.1, -0.05) is 12.8 Å². The summed E-state index contributed by atoms with van der Waals surface area (Å²) in [6.45, 7) is 0. The summed E-state index contributed by atoms with van der Waals surface area (Å²) >= 11 is 0. The van der Waals surface area contributed by atoms with Crippen LogP contribution in [0.1, 0.15) is 37.7 Å². The number of fused-ring (bicyclic) bond motifs is 1. The first-order valence-electron chi connectivity index (χ1n) is 6.55. The van der Waals surface area contributed by atoms with Crippen molar-refractivity contribution in [3.05, 3.63) is 31.7 Å². The van der Waals surface area contributed by atoms with Crippen molar-refractivity contribution in [3.63, 3.8) is 0 Å².